The first-order chi connectivity index (χ1) is 12.0. The SMILES string of the molecule is C=CCNC(=NCC(=O)N(C)C)N1CCC(Oc2ccccc2Cl)C1.I. The zero-order valence-electron chi connectivity index (χ0n) is 15.2. The van der Waals surface area contributed by atoms with E-state index in [9.17, 15) is 4.79 Å². The van der Waals surface area contributed by atoms with Gasteiger partial charge in [0, 0.05) is 33.6 Å². The quantitative estimate of drug-likeness (QED) is 0.287. The van der Waals surface area contributed by atoms with Crippen molar-refractivity contribution in [2.24, 2.45) is 4.99 Å². The van der Waals surface area contributed by atoms with Gasteiger partial charge in [-0.25, -0.2) is 4.99 Å². The van der Waals surface area contributed by atoms with E-state index in [2.05, 4.69) is 21.8 Å². The summed E-state index contributed by atoms with van der Waals surface area (Å²) in [7, 11) is 3.44. The molecule has 1 fully saturated rings. The lowest BCUT2D eigenvalue weighted by Gasteiger charge is -2.22. The number of ether oxygens (including phenoxy) is 1. The average molecular weight is 493 g/mol. The van der Waals surface area contributed by atoms with E-state index in [-0.39, 0.29) is 42.5 Å². The Morgan fingerprint density at radius 2 is 2.23 bits per heavy atom. The first kappa shape index (κ1) is 22.6. The Morgan fingerprint density at radius 3 is 2.88 bits per heavy atom. The van der Waals surface area contributed by atoms with Gasteiger partial charge in [0.1, 0.15) is 18.4 Å². The molecule has 144 valence electrons. The zero-order chi connectivity index (χ0) is 18.2. The number of carbonyl (C=O) groups excluding carboxylic acids is 1. The van der Waals surface area contributed by atoms with Crippen LogP contribution in [0.3, 0.4) is 0 Å². The summed E-state index contributed by atoms with van der Waals surface area (Å²) in [6.07, 6.45) is 2.65. The lowest BCUT2D eigenvalue weighted by atomic mass is 10.3. The molecule has 1 amide bonds. The molecule has 1 N–H and O–H groups in total. The van der Waals surface area contributed by atoms with Crippen molar-refractivity contribution in [3.05, 3.63) is 41.9 Å². The largest absolute Gasteiger partial charge is 0.487 e. The molecule has 0 aliphatic carbocycles. The molecule has 1 saturated heterocycles. The van der Waals surface area contributed by atoms with Crippen molar-refractivity contribution in [3.63, 3.8) is 0 Å². The van der Waals surface area contributed by atoms with E-state index in [4.69, 9.17) is 16.3 Å². The summed E-state index contributed by atoms with van der Waals surface area (Å²) in [5.41, 5.74) is 0. The minimum Gasteiger partial charge on any atom is -0.487 e. The summed E-state index contributed by atoms with van der Waals surface area (Å²) in [5.74, 6) is 1.35. The molecule has 1 atom stereocenters. The molecule has 0 aromatic heterocycles. The van der Waals surface area contributed by atoms with E-state index < -0.39 is 0 Å². The van der Waals surface area contributed by atoms with Gasteiger partial charge >= 0.3 is 0 Å². The Kier molecular flexibility index (Phi) is 9.79. The number of nitrogens with one attached hydrogen (secondary N) is 1. The van der Waals surface area contributed by atoms with E-state index in [1.54, 1.807) is 20.2 Å². The third-order valence-corrected chi connectivity index (χ3v) is 4.15. The molecule has 1 aliphatic heterocycles. The number of nitrogens with zero attached hydrogens (tertiary/aromatic N) is 3. The monoisotopic (exact) mass is 492 g/mol. The van der Waals surface area contributed by atoms with Crippen molar-refractivity contribution in [1.29, 1.82) is 0 Å². The molecule has 1 aromatic rings. The molecule has 1 unspecified atom stereocenters. The first-order valence-electron chi connectivity index (χ1n) is 8.26. The van der Waals surface area contributed by atoms with Crippen LogP contribution in [0.1, 0.15) is 6.42 Å². The van der Waals surface area contributed by atoms with Crippen molar-refractivity contribution < 1.29 is 9.53 Å². The number of hydrogen-bond acceptors (Lipinski definition) is 3. The summed E-state index contributed by atoms with van der Waals surface area (Å²) in [5, 5.41) is 3.81. The average Bonchev–Trinajstić information content (AvgIpc) is 3.05. The molecule has 0 spiro atoms. The van der Waals surface area contributed by atoms with Gasteiger partial charge in [0.25, 0.3) is 0 Å². The second kappa shape index (κ2) is 11.3. The van der Waals surface area contributed by atoms with Crippen molar-refractivity contribution in [3.8, 4) is 5.75 Å². The molecular weight excluding hydrogens is 467 g/mol. The van der Waals surface area contributed by atoms with Gasteiger partial charge in [-0.2, -0.15) is 0 Å². The van der Waals surface area contributed by atoms with Crippen molar-refractivity contribution >= 4 is 47.4 Å². The van der Waals surface area contributed by atoms with Gasteiger partial charge in [-0.05, 0) is 12.1 Å². The number of halogens is 2. The minimum atomic E-state index is -0.0408. The highest BCUT2D eigenvalue weighted by molar-refractivity contribution is 14.0. The molecule has 0 saturated carbocycles. The van der Waals surface area contributed by atoms with Gasteiger partial charge in [0.15, 0.2) is 5.96 Å². The maximum atomic E-state index is 11.8. The maximum Gasteiger partial charge on any atom is 0.243 e. The Balaban J connectivity index is 0.00000338. The van der Waals surface area contributed by atoms with E-state index in [1.165, 1.54) is 4.90 Å². The van der Waals surface area contributed by atoms with E-state index in [1.807, 2.05) is 24.3 Å². The van der Waals surface area contributed by atoms with Gasteiger partial charge in [-0.15, -0.1) is 30.6 Å². The fraction of sp³-hybridized carbons (Fsp3) is 0.444. The van der Waals surface area contributed by atoms with Crippen LogP contribution in [0.4, 0.5) is 0 Å². The normalized spacial score (nSPS) is 16.7. The third-order valence-electron chi connectivity index (χ3n) is 3.84. The Labute approximate surface area is 177 Å². The second-order valence-corrected chi connectivity index (χ2v) is 6.41. The van der Waals surface area contributed by atoms with Gasteiger partial charge in [-0.1, -0.05) is 29.8 Å². The number of aliphatic imine (C=N–C) groups is 1. The van der Waals surface area contributed by atoms with E-state index in [0.717, 1.165) is 13.0 Å². The fourth-order valence-corrected chi connectivity index (χ4v) is 2.63. The van der Waals surface area contributed by atoms with Crippen LogP contribution in [0.5, 0.6) is 5.75 Å². The summed E-state index contributed by atoms with van der Waals surface area (Å²) in [6, 6.07) is 7.46. The Morgan fingerprint density at radius 1 is 1.50 bits per heavy atom. The van der Waals surface area contributed by atoms with Crippen LogP contribution in [0, 0.1) is 0 Å². The standard InChI is InChI=1S/C18H25ClN4O2.HI/c1-4-10-20-18(21-12-17(24)22(2)3)23-11-9-14(13-23)25-16-8-6-5-7-15(16)19;/h4-8,14H,1,9-13H2,2-3H3,(H,20,21);1H. The number of rotatable bonds is 6. The smallest absolute Gasteiger partial charge is 0.243 e. The third kappa shape index (κ3) is 6.68. The summed E-state index contributed by atoms with van der Waals surface area (Å²) in [4.78, 5) is 19.8. The topological polar surface area (TPSA) is 57.2 Å². The van der Waals surface area contributed by atoms with Crippen molar-refractivity contribution in [2.45, 2.75) is 12.5 Å². The molecule has 2 rings (SSSR count). The molecular formula is C18H26ClIN4O2. The van der Waals surface area contributed by atoms with E-state index in [0.29, 0.717) is 29.8 Å². The van der Waals surface area contributed by atoms with Gasteiger partial charge in [0.2, 0.25) is 5.91 Å². The van der Waals surface area contributed by atoms with Crippen LogP contribution < -0.4 is 10.1 Å². The number of amides is 1. The lowest BCUT2D eigenvalue weighted by molar-refractivity contribution is -0.127. The molecule has 1 aromatic carbocycles. The highest BCUT2D eigenvalue weighted by Gasteiger charge is 2.27. The molecule has 8 heteroatoms. The molecule has 0 radical (unpaired) electrons. The van der Waals surface area contributed by atoms with Gasteiger partial charge < -0.3 is 19.9 Å². The van der Waals surface area contributed by atoms with Crippen molar-refractivity contribution in [2.75, 3.05) is 40.3 Å². The molecule has 6 nitrogen and oxygen atoms in total. The highest BCUT2D eigenvalue weighted by Crippen LogP contribution is 2.26. The number of carbonyl (C=O) groups is 1. The number of likely N-dealkylation sites (N-methyl/N-ethyl adjacent to an activating group) is 1. The molecule has 26 heavy (non-hydrogen) atoms. The molecule has 1 heterocycles. The molecule has 1 aliphatic rings. The van der Waals surface area contributed by atoms with Crippen LogP contribution in [0.25, 0.3) is 0 Å². The van der Waals surface area contributed by atoms with Crippen molar-refractivity contribution in [1.82, 2.24) is 15.1 Å². The van der Waals surface area contributed by atoms with Gasteiger partial charge in [0.05, 0.1) is 11.6 Å². The number of para-hydroxylation sites is 1. The summed E-state index contributed by atoms with van der Waals surface area (Å²) in [6.45, 7) is 5.89. The number of hydrogen-bond donors (Lipinski definition) is 1. The number of benzene rings is 1. The number of guanidine groups is 1. The number of likely N-dealkylation sites (tertiary alicyclic amines) is 1. The Bertz CT molecular complexity index is 639. The predicted octanol–water partition coefficient (Wildman–Crippen LogP) is 2.63. The highest BCUT2D eigenvalue weighted by atomic mass is 127. The van der Waals surface area contributed by atoms with Gasteiger partial charge in [-0.3, -0.25) is 4.79 Å². The lowest BCUT2D eigenvalue weighted by Crippen LogP contribution is -2.41. The Hall–Kier alpha value is -1.48. The molecule has 0 bridgehead atoms. The fourth-order valence-electron chi connectivity index (χ4n) is 2.45. The van der Waals surface area contributed by atoms with Crippen LogP contribution in [0.2, 0.25) is 5.02 Å². The summed E-state index contributed by atoms with van der Waals surface area (Å²) >= 11 is 6.16. The summed E-state index contributed by atoms with van der Waals surface area (Å²) < 4.78 is 6.00. The second-order valence-electron chi connectivity index (χ2n) is 6.00. The first-order valence-corrected chi connectivity index (χ1v) is 8.64. The zero-order valence-corrected chi connectivity index (χ0v) is 18.2. The van der Waals surface area contributed by atoms with Crippen LogP contribution in [-0.2, 0) is 4.79 Å². The minimum absolute atomic E-state index is 0. The van der Waals surface area contributed by atoms with E-state index >= 15 is 0 Å². The van der Waals surface area contributed by atoms with Crippen LogP contribution >= 0.6 is 35.6 Å². The predicted molar refractivity (Wildman–Crippen MR) is 117 cm³/mol. The van der Waals surface area contributed by atoms with Crippen LogP contribution in [0.15, 0.2) is 41.9 Å². The maximum absolute atomic E-state index is 11.8. The van der Waals surface area contributed by atoms with Crippen LogP contribution in [-0.4, -0.2) is 68.0 Å².